The normalized spacial score (nSPS) is 13.9. The summed E-state index contributed by atoms with van der Waals surface area (Å²) in [5.74, 6) is 0. The number of halogens is 3. The lowest BCUT2D eigenvalue weighted by Crippen LogP contribution is -2.32. The Morgan fingerprint density at radius 1 is 1.22 bits per heavy atom. The molecule has 2 nitrogen and oxygen atoms in total. The third-order valence-electron chi connectivity index (χ3n) is 2.99. The van der Waals surface area contributed by atoms with Crippen molar-refractivity contribution in [2.75, 3.05) is 20.3 Å². The van der Waals surface area contributed by atoms with Gasteiger partial charge in [0.15, 0.2) is 0 Å². The molecule has 0 aromatic heterocycles. The van der Waals surface area contributed by atoms with E-state index >= 15 is 0 Å². The van der Waals surface area contributed by atoms with Crippen molar-refractivity contribution in [2.24, 2.45) is 0 Å². The average Bonchev–Trinajstić information content (AvgIpc) is 2.34. The Kier molecular flexibility index (Phi) is 5.16. The molecule has 0 aliphatic carbocycles. The number of alkyl halides is 3. The van der Waals surface area contributed by atoms with E-state index in [2.05, 4.69) is 5.32 Å². The second kappa shape index (κ2) is 6.20. The number of nitrogens with one attached hydrogen (secondary N) is 1. The molecule has 0 radical (unpaired) electrons. The first kappa shape index (κ1) is 15.0. The molecule has 1 N–H and O–H groups in total. The number of benzene rings is 1. The molecular weight excluding hydrogens is 241 g/mol. The van der Waals surface area contributed by atoms with Crippen molar-refractivity contribution in [3.63, 3.8) is 0 Å². The van der Waals surface area contributed by atoms with Crippen LogP contribution in [0.4, 0.5) is 13.2 Å². The minimum atomic E-state index is -4.27. The van der Waals surface area contributed by atoms with E-state index in [0.717, 1.165) is 24.2 Å². The van der Waals surface area contributed by atoms with Gasteiger partial charge in [-0.05, 0) is 38.2 Å². The van der Waals surface area contributed by atoms with Crippen LogP contribution < -0.4 is 5.32 Å². The quantitative estimate of drug-likeness (QED) is 0.817. The van der Waals surface area contributed by atoms with Gasteiger partial charge in [0.1, 0.15) is 0 Å². The highest BCUT2D eigenvalue weighted by Crippen LogP contribution is 2.30. The van der Waals surface area contributed by atoms with Crippen molar-refractivity contribution in [2.45, 2.75) is 26.1 Å². The van der Waals surface area contributed by atoms with Gasteiger partial charge in [0.25, 0.3) is 0 Å². The first-order chi connectivity index (χ1) is 8.36. The molecule has 1 aromatic rings. The van der Waals surface area contributed by atoms with E-state index in [1.807, 2.05) is 25.8 Å². The van der Waals surface area contributed by atoms with Crippen LogP contribution in [-0.2, 0) is 6.18 Å². The van der Waals surface area contributed by atoms with Gasteiger partial charge >= 0.3 is 6.18 Å². The van der Waals surface area contributed by atoms with E-state index in [1.165, 1.54) is 12.1 Å². The second-order valence-electron chi connectivity index (χ2n) is 4.31. The van der Waals surface area contributed by atoms with Gasteiger partial charge in [-0.3, -0.25) is 4.90 Å². The zero-order valence-corrected chi connectivity index (χ0v) is 10.9. The summed E-state index contributed by atoms with van der Waals surface area (Å²) in [5, 5.41) is 3.18. The Bertz CT molecular complexity index is 359. The van der Waals surface area contributed by atoms with E-state index in [0.29, 0.717) is 6.67 Å². The van der Waals surface area contributed by atoms with Gasteiger partial charge < -0.3 is 5.32 Å². The fourth-order valence-corrected chi connectivity index (χ4v) is 1.63. The molecule has 1 atom stereocenters. The van der Waals surface area contributed by atoms with Crippen molar-refractivity contribution in [3.8, 4) is 0 Å². The molecule has 102 valence electrons. The van der Waals surface area contributed by atoms with Gasteiger partial charge in [0.05, 0.1) is 5.56 Å². The summed E-state index contributed by atoms with van der Waals surface area (Å²) in [4.78, 5) is 2.05. The van der Waals surface area contributed by atoms with Crippen LogP contribution in [-0.4, -0.2) is 25.2 Å². The molecule has 1 aromatic carbocycles. The van der Waals surface area contributed by atoms with Crippen molar-refractivity contribution < 1.29 is 13.2 Å². The minimum Gasteiger partial charge on any atom is -0.305 e. The number of nitrogens with zero attached hydrogens (tertiary/aromatic N) is 1. The molecule has 0 saturated carbocycles. The van der Waals surface area contributed by atoms with Gasteiger partial charge in [-0.1, -0.05) is 19.1 Å². The van der Waals surface area contributed by atoms with Gasteiger partial charge in [-0.2, -0.15) is 13.2 Å². The molecule has 0 aliphatic rings. The summed E-state index contributed by atoms with van der Waals surface area (Å²) in [5.41, 5.74) is 0.274. The predicted molar refractivity (Wildman–Crippen MR) is 66.2 cm³/mol. The molecule has 5 heteroatoms. The Labute approximate surface area is 106 Å². The number of rotatable bonds is 5. The Morgan fingerprint density at radius 2 is 1.78 bits per heavy atom. The first-order valence-electron chi connectivity index (χ1n) is 5.94. The summed E-state index contributed by atoms with van der Waals surface area (Å²) < 4.78 is 37.3. The van der Waals surface area contributed by atoms with Crippen LogP contribution in [0.25, 0.3) is 0 Å². The summed E-state index contributed by atoms with van der Waals surface area (Å²) in [6.07, 6.45) is -4.27. The molecule has 0 bridgehead atoms. The summed E-state index contributed by atoms with van der Waals surface area (Å²) in [6.45, 7) is 5.55. The van der Waals surface area contributed by atoms with E-state index in [4.69, 9.17) is 0 Å². The van der Waals surface area contributed by atoms with Crippen LogP contribution in [0.3, 0.4) is 0 Å². The van der Waals surface area contributed by atoms with Gasteiger partial charge in [-0.25, -0.2) is 0 Å². The third-order valence-corrected chi connectivity index (χ3v) is 2.99. The molecule has 0 unspecified atom stereocenters. The van der Waals surface area contributed by atoms with Crippen LogP contribution in [0.15, 0.2) is 24.3 Å². The number of hydrogen-bond acceptors (Lipinski definition) is 2. The van der Waals surface area contributed by atoms with E-state index < -0.39 is 11.7 Å². The lowest BCUT2D eigenvalue weighted by molar-refractivity contribution is -0.137. The molecule has 0 saturated heterocycles. The van der Waals surface area contributed by atoms with Gasteiger partial charge in [-0.15, -0.1) is 0 Å². The van der Waals surface area contributed by atoms with E-state index in [-0.39, 0.29) is 6.04 Å². The lowest BCUT2D eigenvalue weighted by atomic mass is 10.1. The molecule has 18 heavy (non-hydrogen) atoms. The minimum absolute atomic E-state index is 0.0753. The zero-order valence-electron chi connectivity index (χ0n) is 10.9. The third kappa shape index (κ3) is 3.99. The van der Waals surface area contributed by atoms with Crippen molar-refractivity contribution in [1.82, 2.24) is 10.2 Å². The topological polar surface area (TPSA) is 15.3 Å². The molecule has 1 rings (SSSR count). The molecule has 0 amide bonds. The molecule has 0 fully saturated rings. The van der Waals surface area contributed by atoms with Crippen LogP contribution >= 0.6 is 0 Å². The Balaban J connectivity index is 2.72. The maximum Gasteiger partial charge on any atom is 0.416 e. The fraction of sp³-hybridized carbons (Fsp3) is 0.538. The fourth-order valence-electron chi connectivity index (χ4n) is 1.63. The maximum absolute atomic E-state index is 12.4. The highest BCUT2D eigenvalue weighted by atomic mass is 19.4. The Morgan fingerprint density at radius 3 is 2.22 bits per heavy atom. The highest BCUT2D eigenvalue weighted by molar-refractivity contribution is 5.26. The van der Waals surface area contributed by atoms with Crippen molar-refractivity contribution in [3.05, 3.63) is 35.4 Å². The largest absolute Gasteiger partial charge is 0.416 e. The zero-order chi connectivity index (χ0) is 13.8. The predicted octanol–water partition coefficient (Wildman–Crippen LogP) is 3.27. The van der Waals surface area contributed by atoms with Crippen molar-refractivity contribution >= 4 is 0 Å². The summed E-state index contributed by atoms with van der Waals surface area (Å²) in [6, 6.07) is 5.41. The van der Waals surface area contributed by atoms with Crippen LogP contribution in [0, 0.1) is 0 Å². The lowest BCUT2D eigenvalue weighted by Gasteiger charge is -2.25. The molecule has 0 aliphatic heterocycles. The average molecular weight is 260 g/mol. The SMILES string of the molecule is CCNCN(C)[C@H](C)c1ccc(C(F)(F)F)cc1. The van der Waals surface area contributed by atoms with Crippen LogP contribution in [0.5, 0.6) is 0 Å². The maximum atomic E-state index is 12.4. The smallest absolute Gasteiger partial charge is 0.305 e. The summed E-state index contributed by atoms with van der Waals surface area (Å²) in [7, 11) is 1.94. The molecule has 0 heterocycles. The second-order valence-corrected chi connectivity index (χ2v) is 4.31. The highest BCUT2D eigenvalue weighted by Gasteiger charge is 2.30. The molecular formula is C13H19F3N2. The number of hydrogen-bond donors (Lipinski definition) is 1. The van der Waals surface area contributed by atoms with Gasteiger partial charge in [0, 0.05) is 12.7 Å². The van der Waals surface area contributed by atoms with Gasteiger partial charge in [0.2, 0.25) is 0 Å². The first-order valence-corrected chi connectivity index (χ1v) is 5.94. The van der Waals surface area contributed by atoms with E-state index in [9.17, 15) is 13.2 Å². The van der Waals surface area contributed by atoms with E-state index in [1.54, 1.807) is 0 Å². The molecule has 0 spiro atoms. The Hall–Kier alpha value is -1.07. The standard InChI is InChI=1S/C13H19F3N2/c1-4-17-9-18(3)10(2)11-5-7-12(8-6-11)13(14,15)16/h5-8,10,17H,4,9H2,1-3H3/t10-/m1/s1. The monoisotopic (exact) mass is 260 g/mol. The van der Waals surface area contributed by atoms with Crippen LogP contribution in [0.2, 0.25) is 0 Å². The van der Waals surface area contributed by atoms with Crippen LogP contribution in [0.1, 0.15) is 31.0 Å². The van der Waals surface area contributed by atoms with Crippen molar-refractivity contribution in [1.29, 1.82) is 0 Å². The summed E-state index contributed by atoms with van der Waals surface area (Å²) >= 11 is 0.